The van der Waals surface area contributed by atoms with Crippen LogP contribution in [0.5, 0.6) is 5.75 Å². The predicted octanol–water partition coefficient (Wildman–Crippen LogP) is 0.516. The van der Waals surface area contributed by atoms with E-state index in [0.717, 1.165) is 11.7 Å². The Bertz CT molecular complexity index is 802. The van der Waals surface area contributed by atoms with Crippen molar-refractivity contribution in [2.24, 2.45) is 5.10 Å². The molecule has 0 saturated carbocycles. The van der Waals surface area contributed by atoms with E-state index < -0.39 is 5.82 Å². The number of nitrogens with zero attached hydrogens (tertiary/aromatic N) is 4. The molecule has 0 spiro atoms. The van der Waals surface area contributed by atoms with Crippen LogP contribution in [0.15, 0.2) is 23.4 Å². The van der Waals surface area contributed by atoms with E-state index in [1.807, 2.05) is 7.85 Å². The maximum atomic E-state index is 14.0. The summed E-state index contributed by atoms with van der Waals surface area (Å²) in [6.45, 7) is 2.17. The van der Waals surface area contributed by atoms with Gasteiger partial charge in [-0.2, -0.15) is 10.1 Å². The monoisotopic (exact) mass is 363 g/mol. The summed E-state index contributed by atoms with van der Waals surface area (Å²) >= 11 is 5.93. The number of ether oxygens (including phenoxy) is 1. The summed E-state index contributed by atoms with van der Waals surface area (Å²) in [7, 11) is 1.85. The van der Waals surface area contributed by atoms with Crippen LogP contribution in [0, 0.1) is 5.82 Å². The van der Waals surface area contributed by atoms with Gasteiger partial charge in [-0.1, -0.05) is 23.1 Å². The smallest absolute Gasteiger partial charge is 0.245 e. The molecule has 1 fully saturated rings. The summed E-state index contributed by atoms with van der Waals surface area (Å²) in [5.41, 5.74) is 3.97. The fourth-order valence-electron chi connectivity index (χ4n) is 2.43. The van der Waals surface area contributed by atoms with E-state index in [9.17, 15) is 9.50 Å². The second-order valence-corrected chi connectivity index (χ2v) is 5.93. The Balaban J connectivity index is 1.75. The first kappa shape index (κ1) is 17.4. The summed E-state index contributed by atoms with van der Waals surface area (Å²) in [5.74, 6) is -0.207. The topological polar surface area (TPSA) is 82.9 Å². The third-order valence-corrected chi connectivity index (χ3v) is 3.93. The molecule has 1 aromatic heterocycles. The standard InChI is InChI=1S/C15H16BClFN5O2/c16-10-5-9(13(24)11(17)6-10)7-20-22-15-19-8-12(18)14(21-15)23-1-3-25-4-2-23/h5-8,24H,1-4,16H2,(H,19,21,22)/b20-7+. The van der Waals surface area contributed by atoms with Gasteiger partial charge in [-0.05, 0) is 6.07 Å². The average molecular weight is 364 g/mol. The average Bonchev–Trinajstić information content (AvgIpc) is 2.61. The summed E-state index contributed by atoms with van der Waals surface area (Å²) in [6, 6.07) is 3.39. The molecule has 0 unspecified atom stereocenters. The van der Waals surface area contributed by atoms with Crippen molar-refractivity contribution in [3.05, 3.63) is 34.7 Å². The molecule has 2 N–H and O–H groups in total. The van der Waals surface area contributed by atoms with Crippen molar-refractivity contribution < 1.29 is 14.2 Å². The van der Waals surface area contributed by atoms with E-state index in [1.54, 1.807) is 17.0 Å². The summed E-state index contributed by atoms with van der Waals surface area (Å²) in [6.07, 6.45) is 2.49. The lowest BCUT2D eigenvalue weighted by atomic mass is 9.94. The van der Waals surface area contributed by atoms with Crippen molar-refractivity contribution >= 4 is 42.9 Å². The largest absolute Gasteiger partial charge is 0.506 e. The minimum absolute atomic E-state index is 0.0631. The number of anilines is 2. The van der Waals surface area contributed by atoms with Crippen LogP contribution >= 0.6 is 11.6 Å². The van der Waals surface area contributed by atoms with Crippen molar-refractivity contribution in [1.82, 2.24) is 9.97 Å². The molecule has 0 aliphatic carbocycles. The molecular formula is C15H16BClFN5O2. The molecule has 0 bridgehead atoms. The molecule has 1 aliphatic rings. The van der Waals surface area contributed by atoms with Crippen molar-refractivity contribution in [1.29, 1.82) is 0 Å². The molecule has 2 heterocycles. The highest BCUT2D eigenvalue weighted by Gasteiger charge is 2.17. The number of hydrazone groups is 1. The van der Waals surface area contributed by atoms with Gasteiger partial charge in [-0.25, -0.2) is 14.8 Å². The molecule has 0 atom stereocenters. The number of aromatic hydroxyl groups is 1. The Morgan fingerprint density at radius 2 is 2.16 bits per heavy atom. The quantitative estimate of drug-likeness (QED) is 0.468. The third-order valence-electron chi connectivity index (χ3n) is 3.64. The van der Waals surface area contributed by atoms with E-state index in [1.165, 1.54) is 6.21 Å². The van der Waals surface area contributed by atoms with Crippen LogP contribution in [0.3, 0.4) is 0 Å². The molecule has 130 valence electrons. The lowest BCUT2D eigenvalue weighted by molar-refractivity contribution is 0.122. The zero-order valence-electron chi connectivity index (χ0n) is 13.5. The maximum absolute atomic E-state index is 14.0. The number of phenols is 1. The fraction of sp³-hybridized carbons (Fsp3) is 0.267. The highest BCUT2D eigenvalue weighted by Crippen LogP contribution is 2.24. The van der Waals surface area contributed by atoms with E-state index in [-0.39, 0.29) is 22.5 Å². The van der Waals surface area contributed by atoms with E-state index in [4.69, 9.17) is 16.3 Å². The second kappa shape index (κ2) is 7.67. The first-order valence-corrected chi connectivity index (χ1v) is 8.06. The molecule has 2 aromatic rings. The molecule has 1 aliphatic heterocycles. The number of phenolic OH excluding ortho intramolecular Hbond substituents is 1. The van der Waals surface area contributed by atoms with E-state index >= 15 is 0 Å². The van der Waals surface area contributed by atoms with Crippen LogP contribution in [-0.4, -0.2) is 55.4 Å². The van der Waals surface area contributed by atoms with E-state index in [0.29, 0.717) is 31.9 Å². The van der Waals surface area contributed by atoms with Crippen LogP contribution in [0.1, 0.15) is 5.56 Å². The number of benzene rings is 1. The van der Waals surface area contributed by atoms with Gasteiger partial charge in [0.1, 0.15) is 13.6 Å². The molecule has 0 radical (unpaired) electrons. The molecule has 10 heteroatoms. The number of rotatable bonds is 4. The zero-order valence-corrected chi connectivity index (χ0v) is 14.3. The number of morpholine rings is 1. The lowest BCUT2D eigenvalue weighted by Gasteiger charge is -2.27. The lowest BCUT2D eigenvalue weighted by Crippen LogP contribution is -2.37. The Kier molecular flexibility index (Phi) is 5.35. The van der Waals surface area contributed by atoms with Gasteiger partial charge < -0.3 is 14.7 Å². The Morgan fingerprint density at radius 3 is 2.92 bits per heavy atom. The molecule has 3 rings (SSSR count). The van der Waals surface area contributed by atoms with Gasteiger partial charge in [0.05, 0.1) is 30.6 Å². The summed E-state index contributed by atoms with van der Waals surface area (Å²) in [4.78, 5) is 9.81. The minimum Gasteiger partial charge on any atom is -0.506 e. The molecule has 1 saturated heterocycles. The zero-order chi connectivity index (χ0) is 17.8. The molecule has 0 amide bonds. The Morgan fingerprint density at radius 1 is 1.40 bits per heavy atom. The van der Waals surface area contributed by atoms with Crippen LogP contribution < -0.4 is 15.8 Å². The number of hydrogen-bond acceptors (Lipinski definition) is 7. The number of aromatic nitrogens is 2. The molecule has 1 aromatic carbocycles. The normalized spacial score (nSPS) is 14.9. The van der Waals surface area contributed by atoms with Crippen molar-refractivity contribution in [2.75, 3.05) is 36.6 Å². The first-order chi connectivity index (χ1) is 12.0. The van der Waals surface area contributed by atoms with Crippen molar-refractivity contribution in [3.63, 3.8) is 0 Å². The van der Waals surface area contributed by atoms with Crippen LogP contribution in [0.25, 0.3) is 0 Å². The van der Waals surface area contributed by atoms with Crippen LogP contribution in [0.4, 0.5) is 16.2 Å². The van der Waals surface area contributed by atoms with Crippen molar-refractivity contribution in [2.45, 2.75) is 0 Å². The van der Waals surface area contributed by atoms with Gasteiger partial charge in [-0.15, -0.1) is 0 Å². The SMILES string of the molecule is Bc1cc(Cl)c(O)c(/C=N/Nc2ncc(F)c(N3CCOCC3)n2)c1. The molecule has 25 heavy (non-hydrogen) atoms. The predicted molar refractivity (Wildman–Crippen MR) is 97.5 cm³/mol. The second-order valence-electron chi connectivity index (χ2n) is 5.52. The fourth-order valence-corrected chi connectivity index (χ4v) is 2.71. The number of nitrogens with one attached hydrogen (secondary N) is 1. The highest BCUT2D eigenvalue weighted by molar-refractivity contribution is 6.37. The van der Waals surface area contributed by atoms with Gasteiger partial charge in [0, 0.05) is 18.7 Å². The van der Waals surface area contributed by atoms with Crippen molar-refractivity contribution in [3.8, 4) is 5.75 Å². The van der Waals surface area contributed by atoms with Crippen LogP contribution in [0.2, 0.25) is 5.02 Å². The Hall–Kier alpha value is -2.39. The maximum Gasteiger partial charge on any atom is 0.245 e. The Labute approximate surface area is 149 Å². The molecule has 7 nitrogen and oxygen atoms in total. The van der Waals surface area contributed by atoms with E-state index in [2.05, 4.69) is 20.5 Å². The highest BCUT2D eigenvalue weighted by atomic mass is 35.5. The summed E-state index contributed by atoms with van der Waals surface area (Å²) < 4.78 is 19.2. The third kappa shape index (κ3) is 4.18. The van der Waals surface area contributed by atoms with Gasteiger partial charge in [0.15, 0.2) is 11.6 Å². The number of halogens is 2. The van der Waals surface area contributed by atoms with Crippen LogP contribution in [-0.2, 0) is 4.74 Å². The number of hydrogen-bond donors (Lipinski definition) is 2. The summed E-state index contributed by atoms with van der Waals surface area (Å²) in [5, 5.41) is 14.2. The van der Waals surface area contributed by atoms with Gasteiger partial charge in [0.2, 0.25) is 5.95 Å². The van der Waals surface area contributed by atoms with Gasteiger partial charge >= 0.3 is 0 Å². The van der Waals surface area contributed by atoms with Gasteiger partial charge in [-0.3, -0.25) is 0 Å². The van der Waals surface area contributed by atoms with Gasteiger partial charge in [0.25, 0.3) is 0 Å². The first-order valence-electron chi connectivity index (χ1n) is 7.68. The minimum atomic E-state index is -0.500. The molecular weight excluding hydrogens is 347 g/mol.